The van der Waals surface area contributed by atoms with Gasteiger partial charge in [-0.15, -0.1) is 5.10 Å². The first-order chi connectivity index (χ1) is 12.9. The van der Waals surface area contributed by atoms with Gasteiger partial charge < -0.3 is 10.1 Å². The number of anilines is 1. The Morgan fingerprint density at radius 2 is 1.81 bits per heavy atom. The largest absolute Gasteiger partial charge is 0.486 e. The normalized spacial score (nSPS) is 10.9. The zero-order valence-corrected chi connectivity index (χ0v) is 16.2. The Hall–Kier alpha value is -2.64. The van der Waals surface area contributed by atoms with Crippen LogP contribution in [-0.4, -0.2) is 26.1 Å². The second-order valence-electron chi connectivity index (χ2n) is 6.06. The van der Waals surface area contributed by atoms with E-state index in [2.05, 4.69) is 20.8 Å². The SMILES string of the molecule is CC(C)n1nnnc1COc1ccc(C(=O)Nc2cc(Cl)cc(Cl)c2)cc1. The summed E-state index contributed by atoms with van der Waals surface area (Å²) in [6.07, 6.45) is 0. The lowest BCUT2D eigenvalue weighted by atomic mass is 10.2. The lowest BCUT2D eigenvalue weighted by molar-refractivity contribution is 0.102. The van der Waals surface area contributed by atoms with Gasteiger partial charge in [-0.05, 0) is 66.7 Å². The minimum atomic E-state index is -0.274. The molecule has 0 aliphatic carbocycles. The predicted octanol–water partition coefficient (Wildman–Crippen LogP) is 4.39. The third-order valence-corrected chi connectivity index (χ3v) is 4.09. The molecule has 27 heavy (non-hydrogen) atoms. The fourth-order valence-corrected chi connectivity index (χ4v) is 2.91. The van der Waals surface area contributed by atoms with Crippen LogP contribution in [0.4, 0.5) is 5.69 Å². The van der Waals surface area contributed by atoms with E-state index in [1.807, 2.05) is 13.8 Å². The Kier molecular flexibility index (Phi) is 5.93. The van der Waals surface area contributed by atoms with Crippen LogP contribution < -0.4 is 10.1 Å². The van der Waals surface area contributed by atoms with Crippen molar-refractivity contribution >= 4 is 34.8 Å². The van der Waals surface area contributed by atoms with Gasteiger partial charge >= 0.3 is 0 Å². The first kappa shape index (κ1) is 19.1. The zero-order valence-electron chi connectivity index (χ0n) is 14.7. The van der Waals surface area contributed by atoms with Crippen molar-refractivity contribution in [2.75, 3.05) is 5.32 Å². The predicted molar refractivity (Wildman–Crippen MR) is 103 cm³/mol. The van der Waals surface area contributed by atoms with Crippen LogP contribution >= 0.6 is 23.2 Å². The van der Waals surface area contributed by atoms with Crippen LogP contribution in [0, 0.1) is 0 Å². The molecular formula is C18H17Cl2N5O2. The third kappa shape index (κ3) is 4.96. The summed E-state index contributed by atoms with van der Waals surface area (Å²) in [4.78, 5) is 12.3. The fraction of sp³-hybridized carbons (Fsp3) is 0.222. The van der Waals surface area contributed by atoms with Gasteiger partial charge in [0.2, 0.25) is 0 Å². The molecule has 0 unspecified atom stereocenters. The molecule has 0 saturated heterocycles. The van der Waals surface area contributed by atoms with Crippen LogP contribution in [0.15, 0.2) is 42.5 Å². The van der Waals surface area contributed by atoms with Crippen LogP contribution in [0.1, 0.15) is 36.1 Å². The highest BCUT2D eigenvalue weighted by atomic mass is 35.5. The van der Waals surface area contributed by atoms with Crippen LogP contribution in [0.2, 0.25) is 10.0 Å². The van der Waals surface area contributed by atoms with Crippen molar-refractivity contribution in [3.05, 3.63) is 63.9 Å². The van der Waals surface area contributed by atoms with Crippen molar-refractivity contribution in [3.8, 4) is 5.75 Å². The van der Waals surface area contributed by atoms with Crippen LogP contribution in [0.5, 0.6) is 5.75 Å². The molecule has 9 heteroatoms. The maximum atomic E-state index is 12.3. The first-order valence-corrected chi connectivity index (χ1v) is 8.95. The number of benzene rings is 2. The number of nitrogens with zero attached hydrogens (tertiary/aromatic N) is 4. The highest BCUT2D eigenvalue weighted by Gasteiger charge is 2.11. The van der Waals surface area contributed by atoms with Gasteiger partial charge in [-0.1, -0.05) is 23.2 Å². The Morgan fingerprint density at radius 3 is 2.44 bits per heavy atom. The Bertz CT molecular complexity index is 921. The number of amides is 1. The summed E-state index contributed by atoms with van der Waals surface area (Å²) in [5.41, 5.74) is 1.00. The van der Waals surface area contributed by atoms with E-state index in [9.17, 15) is 4.79 Å². The lowest BCUT2D eigenvalue weighted by Crippen LogP contribution is -2.12. The average Bonchev–Trinajstić information content (AvgIpc) is 3.08. The average molecular weight is 406 g/mol. The summed E-state index contributed by atoms with van der Waals surface area (Å²) in [5.74, 6) is 0.962. The van der Waals surface area contributed by atoms with Gasteiger partial charge in [0.1, 0.15) is 12.4 Å². The molecule has 1 amide bonds. The van der Waals surface area contributed by atoms with E-state index in [0.717, 1.165) is 0 Å². The maximum Gasteiger partial charge on any atom is 0.255 e. The van der Waals surface area contributed by atoms with Gasteiger partial charge in [0, 0.05) is 21.3 Å². The molecule has 1 N–H and O–H groups in total. The topological polar surface area (TPSA) is 81.9 Å². The quantitative estimate of drug-likeness (QED) is 0.657. The van der Waals surface area contributed by atoms with E-state index in [0.29, 0.717) is 32.9 Å². The Labute approximate surface area is 166 Å². The maximum absolute atomic E-state index is 12.3. The standard InChI is InChI=1S/C18H17Cl2N5O2/c1-11(2)25-17(22-23-24-25)10-27-16-5-3-12(4-6-16)18(26)21-15-8-13(19)7-14(20)9-15/h3-9,11H,10H2,1-2H3,(H,21,26). The van der Waals surface area contributed by atoms with Gasteiger partial charge in [0.25, 0.3) is 5.91 Å². The number of hydrogen-bond donors (Lipinski definition) is 1. The second kappa shape index (κ2) is 8.37. The highest BCUT2D eigenvalue weighted by Crippen LogP contribution is 2.23. The van der Waals surface area contributed by atoms with Crippen molar-refractivity contribution in [1.29, 1.82) is 0 Å². The van der Waals surface area contributed by atoms with E-state index >= 15 is 0 Å². The van der Waals surface area contributed by atoms with Gasteiger partial charge in [0.15, 0.2) is 5.82 Å². The molecule has 2 aromatic carbocycles. The van der Waals surface area contributed by atoms with E-state index in [-0.39, 0.29) is 18.6 Å². The summed E-state index contributed by atoms with van der Waals surface area (Å²) < 4.78 is 7.39. The minimum Gasteiger partial charge on any atom is -0.486 e. The number of carbonyl (C=O) groups is 1. The first-order valence-electron chi connectivity index (χ1n) is 8.19. The Balaban J connectivity index is 1.62. The third-order valence-electron chi connectivity index (χ3n) is 3.65. The Morgan fingerprint density at radius 1 is 1.15 bits per heavy atom. The molecule has 0 atom stereocenters. The van der Waals surface area contributed by atoms with Crippen molar-refractivity contribution in [1.82, 2.24) is 20.2 Å². The summed E-state index contributed by atoms with van der Waals surface area (Å²) in [5, 5.41) is 15.2. The number of nitrogens with one attached hydrogen (secondary N) is 1. The molecule has 7 nitrogen and oxygen atoms in total. The summed E-state index contributed by atoms with van der Waals surface area (Å²) in [7, 11) is 0. The molecule has 0 bridgehead atoms. The van der Waals surface area contributed by atoms with Crippen molar-refractivity contribution in [2.24, 2.45) is 0 Å². The number of carbonyl (C=O) groups excluding carboxylic acids is 1. The highest BCUT2D eigenvalue weighted by molar-refractivity contribution is 6.35. The number of tetrazole rings is 1. The number of hydrogen-bond acceptors (Lipinski definition) is 5. The molecular weight excluding hydrogens is 389 g/mol. The van der Waals surface area contributed by atoms with E-state index in [4.69, 9.17) is 27.9 Å². The minimum absolute atomic E-state index is 0.143. The van der Waals surface area contributed by atoms with Gasteiger partial charge in [-0.25, -0.2) is 4.68 Å². The summed E-state index contributed by atoms with van der Waals surface area (Å²) in [6, 6.07) is 11.8. The van der Waals surface area contributed by atoms with Crippen molar-refractivity contribution < 1.29 is 9.53 Å². The summed E-state index contributed by atoms with van der Waals surface area (Å²) in [6.45, 7) is 4.21. The lowest BCUT2D eigenvalue weighted by Gasteiger charge is -2.10. The van der Waals surface area contributed by atoms with Crippen molar-refractivity contribution in [3.63, 3.8) is 0 Å². The van der Waals surface area contributed by atoms with E-state index in [1.165, 1.54) is 0 Å². The molecule has 0 aliphatic heterocycles. The molecule has 140 valence electrons. The molecule has 0 radical (unpaired) electrons. The molecule has 3 rings (SSSR count). The molecule has 0 saturated carbocycles. The van der Waals surface area contributed by atoms with Crippen LogP contribution in [0.3, 0.4) is 0 Å². The summed E-state index contributed by atoms with van der Waals surface area (Å²) >= 11 is 11.9. The number of aromatic nitrogens is 4. The molecule has 0 aliphatic rings. The van der Waals surface area contributed by atoms with Gasteiger partial charge in [0.05, 0.1) is 6.04 Å². The zero-order chi connectivity index (χ0) is 19.4. The van der Waals surface area contributed by atoms with E-state index in [1.54, 1.807) is 47.1 Å². The van der Waals surface area contributed by atoms with Crippen LogP contribution in [-0.2, 0) is 6.61 Å². The number of ether oxygens (including phenoxy) is 1. The monoisotopic (exact) mass is 405 g/mol. The molecule has 1 aromatic heterocycles. The smallest absolute Gasteiger partial charge is 0.255 e. The van der Waals surface area contributed by atoms with Crippen molar-refractivity contribution in [2.45, 2.75) is 26.5 Å². The van der Waals surface area contributed by atoms with Gasteiger partial charge in [-0.3, -0.25) is 4.79 Å². The second-order valence-corrected chi connectivity index (χ2v) is 6.93. The molecule has 3 aromatic rings. The van der Waals surface area contributed by atoms with E-state index < -0.39 is 0 Å². The number of halogens is 2. The van der Waals surface area contributed by atoms with Crippen LogP contribution in [0.25, 0.3) is 0 Å². The molecule has 0 fully saturated rings. The molecule has 0 spiro atoms. The number of rotatable bonds is 6. The van der Waals surface area contributed by atoms with Gasteiger partial charge in [-0.2, -0.15) is 0 Å². The fourth-order valence-electron chi connectivity index (χ4n) is 2.39. The molecule has 1 heterocycles.